The Morgan fingerprint density at radius 2 is 2.00 bits per heavy atom. The number of nitrogens with one attached hydrogen (secondary N) is 1. The first kappa shape index (κ1) is 14.0. The summed E-state index contributed by atoms with van der Waals surface area (Å²) in [6, 6.07) is 3.36. The zero-order valence-electron chi connectivity index (χ0n) is 10.8. The van der Waals surface area contributed by atoms with E-state index in [1.807, 2.05) is 6.92 Å². The van der Waals surface area contributed by atoms with Crippen LogP contribution in [0, 0.1) is 18.6 Å². The summed E-state index contributed by atoms with van der Waals surface area (Å²) in [4.78, 5) is 0.748. The van der Waals surface area contributed by atoms with E-state index in [1.165, 1.54) is 18.2 Å². The third-order valence-electron chi connectivity index (χ3n) is 2.84. The fourth-order valence-electron chi connectivity index (χ4n) is 1.90. The van der Waals surface area contributed by atoms with E-state index in [2.05, 4.69) is 14.9 Å². The van der Waals surface area contributed by atoms with Gasteiger partial charge in [0, 0.05) is 5.56 Å². The average molecular weight is 283 g/mol. The third-order valence-corrected chi connectivity index (χ3v) is 3.73. The number of nitrogens with zero attached hydrogens (tertiary/aromatic N) is 2. The second kappa shape index (κ2) is 6.16. The number of aryl methyl sites for hydroxylation is 1. The second-order valence-corrected chi connectivity index (χ2v) is 5.03. The van der Waals surface area contributed by atoms with E-state index in [4.69, 9.17) is 0 Å². The van der Waals surface area contributed by atoms with Crippen LogP contribution in [0.2, 0.25) is 0 Å². The van der Waals surface area contributed by atoms with E-state index in [-0.39, 0.29) is 5.56 Å². The van der Waals surface area contributed by atoms with Gasteiger partial charge in [0.1, 0.15) is 11.6 Å². The number of halogens is 2. The van der Waals surface area contributed by atoms with Gasteiger partial charge in [-0.05, 0) is 43.6 Å². The maximum atomic E-state index is 13.9. The first-order valence-corrected chi connectivity index (χ1v) is 6.88. The molecule has 0 aliphatic rings. The molecule has 0 saturated carbocycles. The smallest absolute Gasteiger partial charge is 0.131 e. The molecule has 0 radical (unpaired) electrons. The summed E-state index contributed by atoms with van der Waals surface area (Å²) in [5, 5.41) is 7.08. The minimum absolute atomic E-state index is 0.0325. The standard InChI is InChI=1S/C13H15F2N3S/c1-3-7-16-12(13-8(2)17-18-19-13)11-9(14)5-4-6-10(11)15/h4-6,12,16H,3,7H2,1-2H3. The highest BCUT2D eigenvalue weighted by atomic mass is 32.1. The van der Waals surface area contributed by atoms with Gasteiger partial charge in [0.15, 0.2) is 0 Å². The number of hydrogen-bond donors (Lipinski definition) is 1. The van der Waals surface area contributed by atoms with Crippen LogP contribution in [-0.2, 0) is 0 Å². The maximum Gasteiger partial charge on any atom is 0.131 e. The quantitative estimate of drug-likeness (QED) is 0.915. The molecule has 6 heteroatoms. The predicted octanol–water partition coefficient (Wildman–Crippen LogP) is 3.21. The van der Waals surface area contributed by atoms with Crippen molar-refractivity contribution in [1.29, 1.82) is 0 Å². The first-order chi connectivity index (χ1) is 9.15. The molecule has 0 bridgehead atoms. The van der Waals surface area contributed by atoms with E-state index >= 15 is 0 Å². The molecule has 0 aliphatic heterocycles. The van der Waals surface area contributed by atoms with E-state index in [0.717, 1.165) is 22.8 Å². The summed E-state index contributed by atoms with van der Waals surface area (Å²) in [5.41, 5.74) is 0.728. The van der Waals surface area contributed by atoms with Crippen molar-refractivity contribution in [1.82, 2.24) is 14.9 Å². The number of aromatic nitrogens is 2. The summed E-state index contributed by atoms with van der Waals surface area (Å²) in [6.45, 7) is 4.45. The molecule has 0 fully saturated rings. The van der Waals surface area contributed by atoms with Gasteiger partial charge in [-0.2, -0.15) is 0 Å². The van der Waals surface area contributed by atoms with Gasteiger partial charge < -0.3 is 5.32 Å². The monoisotopic (exact) mass is 283 g/mol. The van der Waals surface area contributed by atoms with Crippen LogP contribution in [0.5, 0.6) is 0 Å². The average Bonchev–Trinajstić information content (AvgIpc) is 2.79. The van der Waals surface area contributed by atoms with Gasteiger partial charge >= 0.3 is 0 Å². The molecule has 1 atom stereocenters. The lowest BCUT2D eigenvalue weighted by Gasteiger charge is -2.19. The number of hydrogen-bond acceptors (Lipinski definition) is 4. The Labute approximate surface area is 114 Å². The lowest BCUT2D eigenvalue weighted by molar-refractivity contribution is 0.505. The molecule has 2 aromatic rings. The van der Waals surface area contributed by atoms with Crippen molar-refractivity contribution in [3.05, 3.63) is 46.0 Å². The van der Waals surface area contributed by atoms with Crippen LogP contribution in [0.25, 0.3) is 0 Å². The SMILES string of the molecule is CCCNC(c1snnc1C)c1c(F)cccc1F. The van der Waals surface area contributed by atoms with Gasteiger partial charge in [-0.15, -0.1) is 5.10 Å². The zero-order chi connectivity index (χ0) is 13.8. The number of rotatable bonds is 5. The highest BCUT2D eigenvalue weighted by Gasteiger charge is 2.24. The molecule has 1 heterocycles. The second-order valence-electron chi connectivity index (χ2n) is 4.25. The van der Waals surface area contributed by atoms with E-state index < -0.39 is 17.7 Å². The van der Waals surface area contributed by atoms with E-state index in [0.29, 0.717) is 12.2 Å². The molecule has 1 N–H and O–H groups in total. The zero-order valence-corrected chi connectivity index (χ0v) is 11.6. The Balaban J connectivity index is 2.46. The molecule has 0 saturated heterocycles. The number of benzene rings is 1. The van der Waals surface area contributed by atoms with Crippen molar-refractivity contribution < 1.29 is 8.78 Å². The predicted molar refractivity (Wildman–Crippen MR) is 71.1 cm³/mol. The van der Waals surface area contributed by atoms with Crippen LogP contribution in [0.3, 0.4) is 0 Å². The topological polar surface area (TPSA) is 37.8 Å². The van der Waals surface area contributed by atoms with Crippen molar-refractivity contribution in [2.45, 2.75) is 26.3 Å². The van der Waals surface area contributed by atoms with Gasteiger partial charge in [-0.3, -0.25) is 0 Å². The molecule has 0 spiro atoms. The molecule has 3 nitrogen and oxygen atoms in total. The van der Waals surface area contributed by atoms with Crippen LogP contribution in [0.4, 0.5) is 8.78 Å². The molecule has 1 aromatic heterocycles. The summed E-state index contributed by atoms with van der Waals surface area (Å²) < 4.78 is 31.7. The Bertz CT molecular complexity index is 536. The van der Waals surface area contributed by atoms with Gasteiger partial charge in [-0.25, -0.2) is 8.78 Å². The molecular formula is C13H15F2N3S. The van der Waals surface area contributed by atoms with Crippen LogP contribution in [0.1, 0.15) is 35.5 Å². The Kier molecular flexibility index (Phi) is 4.55. The van der Waals surface area contributed by atoms with Gasteiger partial charge in [-0.1, -0.05) is 17.5 Å². The van der Waals surface area contributed by atoms with Crippen LogP contribution in [0.15, 0.2) is 18.2 Å². The van der Waals surface area contributed by atoms with Crippen molar-refractivity contribution in [3.63, 3.8) is 0 Å². The van der Waals surface area contributed by atoms with E-state index in [9.17, 15) is 8.78 Å². The minimum atomic E-state index is -0.554. The molecule has 102 valence electrons. The third kappa shape index (κ3) is 2.96. The molecule has 2 rings (SSSR count). The van der Waals surface area contributed by atoms with Crippen LogP contribution < -0.4 is 5.32 Å². The van der Waals surface area contributed by atoms with Gasteiger partial charge in [0.2, 0.25) is 0 Å². The van der Waals surface area contributed by atoms with Crippen LogP contribution in [-0.4, -0.2) is 16.1 Å². The first-order valence-electron chi connectivity index (χ1n) is 6.11. The van der Waals surface area contributed by atoms with Crippen molar-refractivity contribution in [2.75, 3.05) is 6.54 Å². The normalized spacial score (nSPS) is 12.6. The van der Waals surface area contributed by atoms with Gasteiger partial charge in [0.25, 0.3) is 0 Å². The highest BCUT2D eigenvalue weighted by molar-refractivity contribution is 7.05. The Hall–Kier alpha value is -1.40. The van der Waals surface area contributed by atoms with Gasteiger partial charge in [0.05, 0.1) is 16.6 Å². The maximum absolute atomic E-state index is 13.9. The Morgan fingerprint density at radius 1 is 1.32 bits per heavy atom. The lowest BCUT2D eigenvalue weighted by atomic mass is 10.0. The van der Waals surface area contributed by atoms with Crippen molar-refractivity contribution in [2.24, 2.45) is 0 Å². The molecule has 19 heavy (non-hydrogen) atoms. The molecule has 0 aliphatic carbocycles. The van der Waals surface area contributed by atoms with Crippen molar-refractivity contribution in [3.8, 4) is 0 Å². The highest BCUT2D eigenvalue weighted by Crippen LogP contribution is 2.30. The fraction of sp³-hybridized carbons (Fsp3) is 0.385. The summed E-state index contributed by atoms with van der Waals surface area (Å²) in [7, 11) is 0. The summed E-state index contributed by atoms with van der Waals surface area (Å²) >= 11 is 1.16. The van der Waals surface area contributed by atoms with Crippen molar-refractivity contribution >= 4 is 11.5 Å². The minimum Gasteiger partial charge on any atom is -0.305 e. The fourth-order valence-corrected chi connectivity index (χ4v) is 2.63. The summed E-state index contributed by atoms with van der Waals surface area (Å²) in [6.07, 6.45) is 0.873. The Morgan fingerprint density at radius 3 is 2.53 bits per heavy atom. The molecule has 1 aromatic carbocycles. The molecule has 1 unspecified atom stereocenters. The molecular weight excluding hydrogens is 268 g/mol. The summed E-state index contributed by atoms with van der Waals surface area (Å²) in [5.74, 6) is -1.11. The largest absolute Gasteiger partial charge is 0.305 e. The van der Waals surface area contributed by atoms with Crippen LogP contribution >= 0.6 is 11.5 Å². The lowest BCUT2D eigenvalue weighted by Crippen LogP contribution is -2.25. The molecule has 0 amide bonds. The van der Waals surface area contributed by atoms with E-state index in [1.54, 1.807) is 6.92 Å².